The third kappa shape index (κ3) is 4.72. The van der Waals surface area contributed by atoms with Crippen molar-refractivity contribution in [2.24, 2.45) is 5.92 Å². The molecule has 1 atom stereocenters. The van der Waals surface area contributed by atoms with E-state index in [1.165, 1.54) is 0 Å². The zero-order chi connectivity index (χ0) is 15.1. The van der Waals surface area contributed by atoms with Crippen LogP contribution in [0, 0.1) is 5.92 Å². The molecule has 1 amide bonds. The summed E-state index contributed by atoms with van der Waals surface area (Å²) in [6, 6.07) is 7.41. The summed E-state index contributed by atoms with van der Waals surface area (Å²) in [4.78, 5) is 14.3. The van der Waals surface area contributed by atoms with E-state index >= 15 is 0 Å². The first kappa shape index (κ1) is 15.8. The van der Waals surface area contributed by atoms with Gasteiger partial charge in [-0.1, -0.05) is 12.1 Å². The predicted octanol–water partition coefficient (Wildman–Crippen LogP) is 1.73. The van der Waals surface area contributed by atoms with Gasteiger partial charge in [-0.3, -0.25) is 4.79 Å². The standard InChI is InChI=1S/C16H24N2O3/c1-21-15-5-3-2-4-14(15)17-16(20)7-10-18-9-6-13(12-18)8-11-19/h2-5,13,19H,6-12H2,1H3,(H,17,20). The van der Waals surface area contributed by atoms with E-state index in [1.807, 2.05) is 24.3 Å². The number of hydrogen-bond donors (Lipinski definition) is 2. The Kier molecular flexibility index (Phi) is 6.02. The van der Waals surface area contributed by atoms with Crippen LogP contribution in [0.15, 0.2) is 24.3 Å². The lowest BCUT2D eigenvalue weighted by Crippen LogP contribution is -2.26. The second-order valence-electron chi connectivity index (χ2n) is 5.47. The van der Waals surface area contributed by atoms with Crippen LogP contribution in [0.3, 0.4) is 0 Å². The highest BCUT2D eigenvalue weighted by atomic mass is 16.5. The third-order valence-corrected chi connectivity index (χ3v) is 3.94. The molecular weight excluding hydrogens is 268 g/mol. The van der Waals surface area contributed by atoms with Crippen molar-refractivity contribution in [3.8, 4) is 5.75 Å². The van der Waals surface area contributed by atoms with E-state index in [1.54, 1.807) is 7.11 Å². The second-order valence-corrected chi connectivity index (χ2v) is 5.47. The summed E-state index contributed by atoms with van der Waals surface area (Å²) in [5.41, 5.74) is 0.713. The first-order chi connectivity index (χ1) is 10.2. The molecule has 1 heterocycles. The van der Waals surface area contributed by atoms with Crippen LogP contribution >= 0.6 is 0 Å². The number of hydrogen-bond acceptors (Lipinski definition) is 4. The summed E-state index contributed by atoms with van der Waals surface area (Å²) in [5, 5.41) is 11.8. The van der Waals surface area contributed by atoms with Crippen LogP contribution in [-0.2, 0) is 4.79 Å². The molecule has 0 radical (unpaired) electrons. The molecule has 1 aliphatic heterocycles. The molecule has 5 nitrogen and oxygen atoms in total. The Morgan fingerprint density at radius 1 is 1.48 bits per heavy atom. The number of anilines is 1. The minimum absolute atomic E-state index is 0.00473. The quantitative estimate of drug-likeness (QED) is 0.803. The third-order valence-electron chi connectivity index (χ3n) is 3.94. The zero-order valence-electron chi connectivity index (χ0n) is 12.5. The topological polar surface area (TPSA) is 61.8 Å². The number of methoxy groups -OCH3 is 1. The molecule has 1 aromatic rings. The number of nitrogens with one attached hydrogen (secondary N) is 1. The van der Waals surface area contributed by atoms with Crippen LogP contribution in [0.1, 0.15) is 19.3 Å². The predicted molar refractivity (Wildman–Crippen MR) is 82.5 cm³/mol. The number of para-hydroxylation sites is 2. The van der Waals surface area contributed by atoms with Gasteiger partial charge in [-0.05, 0) is 37.4 Å². The Hall–Kier alpha value is -1.59. The maximum absolute atomic E-state index is 12.0. The van der Waals surface area contributed by atoms with E-state index in [2.05, 4.69) is 10.2 Å². The fraction of sp³-hybridized carbons (Fsp3) is 0.562. The number of aliphatic hydroxyl groups is 1. The van der Waals surface area contributed by atoms with E-state index in [9.17, 15) is 4.79 Å². The van der Waals surface area contributed by atoms with Crippen molar-refractivity contribution in [3.05, 3.63) is 24.3 Å². The fourth-order valence-electron chi connectivity index (χ4n) is 2.75. The van der Waals surface area contributed by atoms with Gasteiger partial charge in [0.15, 0.2) is 0 Å². The average Bonchev–Trinajstić information content (AvgIpc) is 2.94. The van der Waals surface area contributed by atoms with Crippen molar-refractivity contribution in [2.45, 2.75) is 19.3 Å². The van der Waals surface area contributed by atoms with Crippen LogP contribution in [0.5, 0.6) is 5.75 Å². The highest BCUT2D eigenvalue weighted by Crippen LogP contribution is 2.23. The normalized spacial score (nSPS) is 18.7. The molecule has 5 heteroatoms. The lowest BCUT2D eigenvalue weighted by atomic mass is 10.1. The van der Waals surface area contributed by atoms with Crippen LogP contribution in [-0.4, -0.2) is 49.3 Å². The molecule has 0 saturated carbocycles. The summed E-state index contributed by atoms with van der Waals surface area (Å²) in [7, 11) is 1.59. The summed E-state index contributed by atoms with van der Waals surface area (Å²) < 4.78 is 5.22. The fourth-order valence-corrected chi connectivity index (χ4v) is 2.75. The van der Waals surface area contributed by atoms with E-state index < -0.39 is 0 Å². The van der Waals surface area contributed by atoms with Crippen molar-refractivity contribution in [1.29, 1.82) is 0 Å². The van der Waals surface area contributed by atoms with Gasteiger partial charge >= 0.3 is 0 Å². The highest BCUT2D eigenvalue weighted by molar-refractivity contribution is 5.92. The molecule has 21 heavy (non-hydrogen) atoms. The molecule has 1 aromatic carbocycles. The molecule has 0 aromatic heterocycles. The molecule has 0 bridgehead atoms. The van der Waals surface area contributed by atoms with Gasteiger partial charge in [-0.25, -0.2) is 0 Å². The molecule has 1 fully saturated rings. The number of rotatable bonds is 7. The molecule has 2 N–H and O–H groups in total. The number of amides is 1. The number of aliphatic hydroxyl groups excluding tert-OH is 1. The van der Waals surface area contributed by atoms with Crippen LogP contribution in [0.2, 0.25) is 0 Å². The van der Waals surface area contributed by atoms with Gasteiger partial charge in [0.25, 0.3) is 0 Å². The maximum Gasteiger partial charge on any atom is 0.225 e. The Morgan fingerprint density at radius 3 is 3.05 bits per heavy atom. The molecular formula is C16H24N2O3. The first-order valence-electron chi connectivity index (χ1n) is 7.49. The van der Waals surface area contributed by atoms with Crippen molar-refractivity contribution < 1.29 is 14.6 Å². The van der Waals surface area contributed by atoms with Crippen LogP contribution in [0.25, 0.3) is 0 Å². The smallest absolute Gasteiger partial charge is 0.225 e. The summed E-state index contributed by atoms with van der Waals surface area (Å²) >= 11 is 0. The van der Waals surface area contributed by atoms with Gasteiger partial charge < -0.3 is 20.1 Å². The molecule has 1 saturated heterocycles. The van der Waals surface area contributed by atoms with Gasteiger partial charge in [-0.15, -0.1) is 0 Å². The lowest BCUT2D eigenvalue weighted by Gasteiger charge is -2.16. The van der Waals surface area contributed by atoms with Gasteiger partial charge in [0.2, 0.25) is 5.91 Å². The van der Waals surface area contributed by atoms with Crippen LogP contribution < -0.4 is 10.1 Å². The minimum Gasteiger partial charge on any atom is -0.495 e. The largest absolute Gasteiger partial charge is 0.495 e. The Balaban J connectivity index is 1.75. The van der Waals surface area contributed by atoms with Gasteiger partial charge in [0.1, 0.15) is 5.75 Å². The summed E-state index contributed by atoms with van der Waals surface area (Å²) in [6.07, 6.45) is 2.46. The molecule has 0 spiro atoms. The number of nitrogens with zero attached hydrogens (tertiary/aromatic N) is 1. The number of likely N-dealkylation sites (tertiary alicyclic amines) is 1. The number of carbonyl (C=O) groups excluding carboxylic acids is 1. The number of benzene rings is 1. The summed E-state index contributed by atoms with van der Waals surface area (Å²) in [6.45, 7) is 3.03. The van der Waals surface area contributed by atoms with Crippen LogP contribution in [0.4, 0.5) is 5.69 Å². The lowest BCUT2D eigenvalue weighted by molar-refractivity contribution is -0.116. The maximum atomic E-state index is 12.0. The van der Waals surface area contributed by atoms with Gasteiger partial charge in [0.05, 0.1) is 12.8 Å². The van der Waals surface area contributed by atoms with E-state index in [0.29, 0.717) is 23.8 Å². The SMILES string of the molecule is COc1ccccc1NC(=O)CCN1CCC(CCO)C1. The van der Waals surface area contributed by atoms with Crippen molar-refractivity contribution in [2.75, 3.05) is 38.7 Å². The average molecular weight is 292 g/mol. The molecule has 2 rings (SSSR count). The first-order valence-corrected chi connectivity index (χ1v) is 7.49. The second kappa shape index (κ2) is 8.00. The van der Waals surface area contributed by atoms with Gasteiger partial charge in [0, 0.05) is 26.1 Å². The molecule has 116 valence electrons. The van der Waals surface area contributed by atoms with Gasteiger partial charge in [-0.2, -0.15) is 0 Å². The number of carbonyl (C=O) groups is 1. The molecule has 1 unspecified atom stereocenters. The van der Waals surface area contributed by atoms with Crippen molar-refractivity contribution >= 4 is 11.6 Å². The molecule has 1 aliphatic rings. The van der Waals surface area contributed by atoms with E-state index in [-0.39, 0.29) is 12.5 Å². The Morgan fingerprint density at radius 2 is 2.29 bits per heavy atom. The zero-order valence-corrected chi connectivity index (χ0v) is 12.5. The summed E-state index contributed by atoms with van der Waals surface area (Å²) in [5.74, 6) is 1.26. The Labute approximate surface area is 125 Å². The highest BCUT2D eigenvalue weighted by Gasteiger charge is 2.22. The van der Waals surface area contributed by atoms with Crippen molar-refractivity contribution in [3.63, 3.8) is 0 Å². The minimum atomic E-state index is 0.00473. The van der Waals surface area contributed by atoms with E-state index in [0.717, 1.165) is 32.5 Å². The molecule has 0 aliphatic carbocycles. The monoisotopic (exact) mass is 292 g/mol. The van der Waals surface area contributed by atoms with Crippen molar-refractivity contribution in [1.82, 2.24) is 4.90 Å². The van der Waals surface area contributed by atoms with E-state index in [4.69, 9.17) is 9.84 Å². The number of ether oxygens (including phenoxy) is 1. The Bertz CT molecular complexity index is 465.